The lowest BCUT2D eigenvalue weighted by Crippen LogP contribution is -2.33. The monoisotopic (exact) mass is 276 g/mol. The average molecular weight is 276 g/mol. The van der Waals surface area contributed by atoms with Crippen molar-refractivity contribution in [3.05, 3.63) is 29.8 Å². The molecule has 1 aromatic rings. The summed E-state index contributed by atoms with van der Waals surface area (Å²) in [5.74, 6) is -0.294. The van der Waals surface area contributed by atoms with Gasteiger partial charge in [0.25, 0.3) is 0 Å². The summed E-state index contributed by atoms with van der Waals surface area (Å²) in [5.41, 5.74) is 1.83. The molecule has 0 unspecified atom stereocenters. The maximum atomic E-state index is 11.9. The van der Waals surface area contributed by atoms with Crippen LogP contribution in [0.1, 0.15) is 46.1 Å². The number of benzene rings is 1. The summed E-state index contributed by atoms with van der Waals surface area (Å²) in [6, 6.07) is 7.73. The summed E-state index contributed by atoms with van der Waals surface area (Å²) in [6.07, 6.45) is 1.23. The zero-order valence-electron chi connectivity index (χ0n) is 12.7. The van der Waals surface area contributed by atoms with Crippen molar-refractivity contribution in [1.29, 1.82) is 0 Å². The first kappa shape index (κ1) is 16.2. The molecule has 4 nitrogen and oxygen atoms in total. The quantitative estimate of drug-likeness (QED) is 0.868. The van der Waals surface area contributed by atoms with E-state index in [-0.39, 0.29) is 23.8 Å². The smallest absolute Gasteiger partial charge is 0.243 e. The molecule has 2 amide bonds. The van der Waals surface area contributed by atoms with Crippen LogP contribution >= 0.6 is 0 Å². The van der Waals surface area contributed by atoms with Crippen molar-refractivity contribution < 1.29 is 9.59 Å². The van der Waals surface area contributed by atoms with E-state index >= 15 is 0 Å². The molecule has 0 aliphatic carbocycles. The van der Waals surface area contributed by atoms with Gasteiger partial charge in [0.15, 0.2) is 0 Å². The van der Waals surface area contributed by atoms with E-state index in [2.05, 4.69) is 31.4 Å². The van der Waals surface area contributed by atoms with E-state index in [4.69, 9.17) is 0 Å². The second-order valence-corrected chi connectivity index (χ2v) is 5.87. The number of amides is 2. The van der Waals surface area contributed by atoms with Gasteiger partial charge in [0, 0.05) is 12.1 Å². The molecular weight excluding hydrogens is 252 g/mol. The topological polar surface area (TPSA) is 58.2 Å². The Morgan fingerprint density at radius 2 is 1.75 bits per heavy atom. The van der Waals surface area contributed by atoms with Crippen LogP contribution in [0.15, 0.2) is 24.3 Å². The number of rotatable bonds is 5. The van der Waals surface area contributed by atoms with Crippen LogP contribution < -0.4 is 10.6 Å². The Kier molecular flexibility index (Phi) is 5.74. The van der Waals surface area contributed by atoms with Crippen LogP contribution in [0.4, 0.5) is 5.69 Å². The largest absolute Gasteiger partial charge is 0.347 e. The number of anilines is 1. The predicted octanol–water partition coefficient (Wildman–Crippen LogP) is 2.84. The minimum Gasteiger partial charge on any atom is -0.347 e. The van der Waals surface area contributed by atoms with Gasteiger partial charge in [-0.3, -0.25) is 9.59 Å². The van der Waals surface area contributed by atoms with Gasteiger partial charge >= 0.3 is 0 Å². The van der Waals surface area contributed by atoms with Gasteiger partial charge in [0.05, 0.1) is 6.54 Å². The van der Waals surface area contributed by atoms with Gasteiger partial charge < -0.3 is 10.6 Å². The third-order valence-electron chi connectivity index (χ3n) is 2.93. The first-order valence-corrected chi connectivity index (χ1v) is 7.00. The lowest BCUT2D eigenvalue weighted by molar-refractivity contribution is -0.124. The van der Waals surface area contributed by atoms with Crippen molar-refractivity contribution in [1.82, 2.24) is 5.32 Å². The van der Waals surface area contributed by atoms with Gasteiger partial charge in [0.1, 0.15) is 0 Å². The third-order valence-corrected chi connectivity index (χ3v) is 2.93. The first-order valence-electron chi connectivity index (χ1n) is 7.00. The van der Waals surface area contributed by atoms with Gasteiger partial charge in [-0.1, -0.05) is 45.9 Å². The Morgan fingerprint density at radius 3 is 2.35 bits per heavy atom. The van der Waals surface area contributed by atoms with E-state index in [1.54, 1.807) is 0 Å². The fourth-order valence-corrected chi connectivity index (χ4v) is 1.93. The third kappa shape index (κ3) is 5.03. The molecule has 0 aliphatic heterocycles. The summed E-state index contributed by atoms with van der Waals surface area (Å²) in [5, 5.41) is 5.47. The molecule has 0 heterocycles. The second-order valence-electron chi connectivity index (χ2n) is 5.87. The van der Waals surface area contributed by atoms with Crippen LogP contribution in [0.2, 0.25) is 0 Å². The summed E-state index contributed by atoms with van der Waals surface area (Å²) in [6.45, 7) is 8.24. The van der Waals surface area contributed by atoms with Crippen molar-refractivity contribution in [2.75, 3.05) is 11.9 Å². The molecule has 0 spiro atoms. The molecule has 4 heteroatoms. The fraction of sp³-hybridized carbons (Fsp3) is 0.500. The van der Waals surface area contributed by atoms with Gasteiger partial charge in [-0.15, -0.1) is 0 Å². The molecule has 1 aromatic carbocycles. The zero-order valence-corrected chi connectivity index (χ0v) is 12.7. The van der Waals surface area contributed by atoms with Crippen LogP contribution in [0.25, 0.3) is 0 Å². The number of carbonyl (C=O) groups is 2. The molecule has 0 aliphatic rings. The lowest BCUT2D eigenvalue weighted by atomic mass is 9.86. The first-order chi connectivity index (χ1) is 9.34. The normalized spacial score (nSPS) is 11.0. The second kappa shape index (κ2) is 7.08. The molecule has 0 radical (unpaired) electrons. The predicted molar refractivity (Wildman–Crippen MR) is 81.7 cm³/mol. The Morgan fingerprint density at radius 1 is 1.10 bits per heavy atom. The van der Waals surface area contributed by atoms with E-state index in [1.165, 1.54) is 0 Å². The average Bonchev–Trinajstić information content (AvgIpc) is 2.36. The lowest BCUT2D eigenvalue weighted by Gasteiger charge is -2.23. The molecule has 0 fully saturated rings. The highest BCUT2D eigenvalue weighted by molar-refractivity contribution is 5.95. The number of carbonyl (C=O) groups excluding carboxylic acids is 2. The molecule has 20 heavy (non-hydrogen) atoms. The van der Waals surface area contributed by atoms with E-state index in [0.29, 0.717) is 6.42 Å². The van der Waals surface area contributed by atoms with Gasteiger partial charge in [-0.2, -0.15) is 0 Å². The van der Waals surface area contributed by atoms with Crippen LogP contribution in [0, 0.1) is 0 Å². The van der Waals surface area contributed by atoms with Crippen LogP contribution in [0.3, 0.4) is 0 Å². The highest BCUT2D eigenvalue weighted by Crippen LogP contribution is 2.29. The number of hydrogen-bond acceptors (Lipinski definition) is 2. The van der Waals surface area contributed by atoms with E-state index in [0.717, 1.165) is 17.7 Å². The van der Waals surface area contributed by atoms with Gasteiger partial charge in [0.2, 0.25) is 11.8 Å². The summed E-state index contributed by atoms with van der Waals surface area (Å²) < 4.78 is 0. The van der Waals surface area contributed by atoms with Crippen molar-refractivity contribution in [2.45, 2.75) is 46.0 Å². The summed E-state index contributed by atoms with van der Waals surface area (Å²) in [7, 11) is 0. The van der Waals surface area contributed by atoms with Crippen molar-refractivity contribution >= 4 is 17.5 Å². The number of hydrogen-bond donors (Lipinski definition) is 2. The highest BCUT2D eigenvalue weighted by Gasteiger charge is 2.18. The Bertz CT molecular complexity index is 476. The number of para-hydroxylation sites is 1. The number of nitrogens with one attached hydrogen (secondary N) is 2. The van der Waals surface area contributed by atoms with Crippen molar-refractivity contribution in [2.24, 2.45) is 0 Å². The standard InChI is InChI=1S/C16H24N2O2/c1-5-8-14(19)17-11-15(20)18-13-10-7-6-9-12(13)16(2,3)4/h6-7,9-10H,5,8,11H2,1-4H3,(H,17,19)(H,18,20). The Hall–Kier alpha value is -1.84. The summed E-state index contributed by atoms with van der Waals surface area (Å²) >= 11 is 0. The minimum atomic E-state index is -0.203. The molecule has 1 rings (SSSR count). The fourth-order valence-electron chi connectivity index (χ4n) is 1.93. The van der Waals surface area contributed by atoms with Crippen LogP contribution in [0.5, 0.6) is 0 Å². The van der Waals surface area contributed by atoms with Gasteiger partial charge in [-0.05, 0) is 23.5 Å². The Balaban J connectivity index is 2.65. The molecule has 0 aromatic heterocycles. The molecule has 2 N–H and O–H groups in total. The maximum Gasteiger partial charge on any atom is 0.243 e. The van der Waals surface area contributed by atoms with Gasteiger partial charge in [-0.25, -0.2) is 0 Å². The SMILES string of the molecule is CCCC(=O)NCC(=O)Nc1ccccc1C(C)(C)C. The summed E-state index contributed by atoms with van der Waals surface area (Å²) in [4.78, 5) is 23.2. The van der Waals surface area contributed by atoms with Crippen molar-refractivity contribution in [3.8, 4) is 0 Å². The molecule has 0 bridgehead atoms. The Labute approximate surface area is 121 Å². The molecule has 0 saturated carbocycles. The molecule has 110 valence electrons. The van der Waals surface area contributed by atoms with E-state index in [1.807, 2.05) is 31.2 Å². The highest BCUT2D eigenvalue weighted by atomic mass is 16.2. The maximum absolute atomic E-state index is 11.9. The minimum absolute atomic E-state index is 0.0112. The molecular formula is C16H24N2O2. The molecule has 0 atom stereocenters. The van der Waals surface area contributed by atoms with E-state index in [9.17, 15) is 9.59 Å². The van der Waals surface area contributed by atoms with Crippen LogP contribution in [-0.2, 0) is 15.0 Å². The van der Waals surface area contributed by atoms with Crippen molar-refractivity contribution in [3.63, 3.8) is 0 Å². The zero-order chi connectivity index (χ0) is 15.2. The van der Waals surface area contributed by atoms with Crippen LogP contribution in [-0.4, -0.2) is 18.4 Å². The molecule has 0 saturated heterocycles. The van der Waals surface area contributed by atoms with E-state index < -0.39 is 0 Å².